The van der Waals surface area contributed by atoms with E-state index in [0.29, 0.717) is 12.2 Å². The van der Waals surface area contributed by atoms with Gasteiger partial charge in [0.15, 0.2) is 0 Å². The maximum atomic E-state index is 12.8. The van der Waals surface area contributed by atoms with Gasteiger partial charge in [-0.3, -0.25) is 19.2 Å². The number of nitrogens with one attached hydrogen (secondary N) is 4. The number of ether oxygens (including phenoxy) is 2. The van der Waals surface area contributed by atoms with Gasteiger partial charge in [0.2, 0.25) is 23.6 Å². The quantitative estimate of drug-likeness (QED) is 0.0832. The molecular formula is C21H31N5O10S. The lowest BCUT2D eigenvalue weighted by molar-refractivity contribution is -0.142. The number of aliphatic carboxylic acids is 1. The highest BCUT2D eigenvalue weighted by atomic mass is 32.2. The van der Waals surface area contributed by atoms with Crippen LogP contribution < -0.4 is 27.0 Å². The lowest BCUT2D eigenvalue weighted by atomic mass is 10.1. The second kappa shape index (κ2) is 18.4. The highest BCUT2D eigenvalue weighted by Gasteiger charge is 2.28. The molecule has 0 aliphatic carbocycles. The minimum Gasteiger partial charge on any atom is -0.480 e. The van der Waals surface area contributed by atoms with E-state index in [4.69, 9.17) is 5.73 Å². The maximum Gasteiger partial charge on any atom is 0.330 e. The second-order valence-corrected chi connectivity index (χ2v) is 8.04. The Kier molecular flexibility index (Phi) is 16.4. The zero-order valence-electron chi connectivity index (χ0n) is 20.5. The van der Waals surface area contributed by atoms with Crippen molar-refractivity contribution in [3.8, 4) is 0 Å². The fraction of sp³-hybridized carbons (Fsp3) is 0.476. The van der Waals surface area contributed by atoms with E-state index in [2.05, 4.69) is 30.7 Å². The van der Waals surface area contributed by atoms with Gasteiger partial charge in [-0.05, 0) is 18.4 Å². The number of carbonyl (C=O) groups excluding carboxylic acids is 6. The van der Waals surface area contributed by atoms with Gasteiger partial charge in [0.1, 0.15) is 12.1 Å². The fourth-order valence-electron chi connectivity index (χ4n) is 2.28. The van der Waals surface area contributed by atoms with Crippen molar-refractivity contribution in [2.24, 2.45) is 5.73 Å². The van der Waals surface area contributed by atoms with Crippen LogP contribution in [0.3, 0.4) is 0 Å². The van der Waals surface area contributed by atoms with E-state index < -0.39 is 72.8 Å². The van der Waals surface area contributed by atoms with Crippen LogP contribution in [0.4, 0.5) is 0 Å². The summed E-state index contributed by atoms with van der Waals surface area (Å²) in [7, 11) is 2.21. The highest BCUT2D eigenvalue weighted by molar-refractivity contribution is 7.98. The van der Waals surface area contributed by atoms with Crippen molar-refractivity contribution in [1.82, 2.24) is 21.3 Å². The van der Waals surface area contributed by atoms with Crippen LogP contribution in [-0.2, 0) is 43.0 Å². The first-order valence-electron chi connectivity index (χ1n) is 10.6. The van der Waals surface area contributed by atoms with Crippen LogP contribution >= 0.6 is 11.8 Å². The third-order valence-electron chi connectivity index (χ3n) is 4.32. The van der Waals surface area contributed by atoms with Gasteiger partial charge in [0.25, 0.3) is 0 Å². The number of thioether (sulfide) groups is 1. The van der Waals surface area contributed by atoms with Gasteiger partial charge in [-0.15, -0.1) is 0 Å². The van der Waals surface area contributed by atoms with Crippen LogP contribution in [0, 0.1) is 0 Å². The molecule has 0 rings (SSSR count). The van der Waals surface area contributed by atoms with Gasteiger partial charge in [-0.1, -0.05) is 0 Å². The average Bonchev–Trinajstić information content (AvgIpc) is 2.88. The summed E-state index contributed by atoms with van der Waals surface area (Å²) < 4.78 is 8.69. The number of hydrogen-bond donors (Lipinski definition) is 6. The zero-order valence-corrected chi connectivity index (χ0v) is 21.3. The average molecular weight is 546 g/mol. The number of methoxy groups -OCH3 is 2. The van der Waals surface area contributed by atoms with Gasteiger partial charge >= 0.3 is 17.9 Å². The summed E-state index contributed by atoms with van der Waals surface area (Å²) in [6, 6.07) is -4.07. The van der Waals surface area contributed by atoms with Gasteiger partial charge in [-0.2, -0.15) is 11.8 Å². The summed E-state index contributed by atoms with van der Waals surface area (Å²) in [6.07, 6.45) is 5.39. The van der Waals surface area contributed by atoms with E-state index in [-0.39, 0.29) is 0 Å². The van der Waals surface area contributed by atoms with Crippen LogP contribution in [0.15, 0.2) is 24.3 Å². The Bertz CT molecular complexity index is 908. The van der Waals surface area contributed by atoms with Gasteiger partial charge in [0.05, 0.1) is 20.3 Å². The molecule has 0 fully saturated rings. The summed E-state index contributed by atoms with van der Waals surface area (Å²) >= 11 is 1.45. The van der Waals surface area contributed by atoms with E-state index >= 15 is 0 Å². The summed E-state index contributed by atoms with van der Waals surface area (Å²) in [5, 5.41) is 18.4. The van der Waals surface area contributed by atoms with Crippen LogP contribution in [0.5, 0.6) is 0 Å². The Morgan fingerprint density at radius 2 is 1.27 bits per heavy atom. The van der Waals surface area contributed by atoms with E-state index in [1.165, 1.54) is 11.8 Å². The van der Waals surface area contributed by atoms with Crippen LogP contribution in [-0.4, -0.2) is 104 Å². The lowest BCUT2D eigenvalue weighted by Crippen LogP contribution is -2.59. The van der Waals surface area contributed by atoms with Gasteiger partial charge in [0, 0.05) is 37.4 Å². The molecule has 206 valence electrons. The molecule has 7 N–H and O–H groups in total. The Morgan fingerprint density at radius 3 is 1.70 bits per heavy atom. The molecule has 0 aliphatic heterocycles. The largest absolute Gasteiger partial charge is 0.480 e. The van der Waals surface area contributed by atoms with Crippen molar-refractivity contribution in [2.45, 2.75) is 24.5 Å². The molecule has 0 saturated carbocycles. The first-order chi connectivity index (χ1) is 17.4. The van der Waals surface area contributed by atoms with Gasteiger partial charge in [-0.25, -0.2) is 14.4 Å². The van der Waals surface area contributed by atoms with Crippen LogP contribution in [0.25, 0.3) is 0 Å². The standard InChI is InChI=1S/C21H31N5O10S/c1-35-17(29)6-4-15(27)23-10-13(25-19(31)12(22)8-9-37-3)20(32)26-14(21(33)34)11-24-16(28)5-7-18(30)36-2/h4-7,12-14H,8-11,22H2,1-3H3,(H,23,27)(H,24,28)(H,25,31)(H,26,32)(H,33,34)/b6-4+,7-5+/t12-,13-,14-/m0/s1. The van der Waals surface area contributed by atoms with Crippen molar-refractivity contribution < 1.29 is 48.1 Å². The summed E-state index contributed by atoms with van der Waals surface area (Å²) in [5.74, 6) is -5.93. The monoisotopic (exact) mass is 545 g/mol. The molecule has 0 saturated heterocycles. The first-order valence-corrected chi connectivity index (χ1v) is 12.0. The van der Waals surface area contributed by atoms with Crippen molar-refractivity contribution in [1.29, 1.82) is 0 Å². The third-order valence-corrected chi connectivity index (χ3v) is 4.97. The lowest BCUT2D eigenvalue weighted by Gasteiger charge is -2.23. The number of hydrogen-bond acceptors (Lipinski definition) is 11. The molecule has 0 bridgehead atoms. The number of nitrogens with two attached hydrogens (primary N) is 1. The molecule has 16 heteroatoms. The van der Waals surface area contributed by atoms with E-state index in [1.807, 2.05) is 6.26 Å². The molecule has 0 heterocycles. The smallest absolute Gasteiger partial charge is 0.330 e. The minimum atomic E-state index is -1.64. The Morgan fingerprint density at radius 1 is 0.811 bits per heavy atom. The maximum absolute atomic E-state index is 12.8. The molecular weight excluding hydrogens is 514 g/mol. The molecule has 15 nitrogen and oxygen atoms in total. The van der Waals surface area contributed by atoms with Crippen molar-refractivity contribution >= 4 is 53.3 Å². The summed E-state index contributed by atoms with van der Waals surface area (Å²) in [4.78, 5) is 82.6. The minimum absolute atomic E-state index is 0.290. The molecule has 37 heavy (non-hydrogen) atoms. The summed E-state index contributed by atoms with van der Waals surface area (Å²) in [6.45, 7) is -1.06. The molecule has 0 aliphatic rings. The predicted molar refractivity (Wildman–Crippen MR) is 131 cm³/mol. The van der Waals surface area contributed by atoms with Crippen molar-refractivity contribution in [3.63, 3.8) is 0 Å². The molecule has 0 radical (unpaired) electrons. The number of carboxylic acids is 1. The predicted octanol–water partition coefficient (Wildman–Crippen LogP) is -3.19. The first kappa shape index (κ1) is 33.1. The summed E-state index contributed by atoms with van der Waals surface area (Å²) in [5.41, 5.74) is 5.81. The van der Waals surface area contributed by atoms with Crippen LogP contribution in [0.2, 0.25) is 0 Å². The van der Waals surface area contributed by atoms with Crippen molar-refractivity contribution in [3.05, 3.63) is 24.3 Å². The third kappa shape index (κ3) is 14.9. The Labute approximate surface area is 216 Å². The van der Waals surface area contributed by atoms with Crippen LogP contribution in [0.1, 0.15) is 6.42 Å². The molecule has 0 aromatic carbocycles. The highest BCUT2D eigenvalue weighted by Crippen LogP contribution is 2.00. The number of rotatable bonds is 16. The normalized spacial score (nSPS) is 13.2. The Balaban J connectivity index is 5.39. The van der Waals surface area contributed by atoms with E-state index in [9.17, 15) is 38.7 Å². The fourth-order valence-corrected chi connectivity index (χ4v) is 2.77. The number of carboxylic acid groups (broad SMARTS) is 1. The number of amides is 4. The van der Waals surface area contributed by atoms with Gasteiger partial charge < -0.3 is 41.6 Å². The van der Waals surface area contributed by atoms with Crippen molar-refractivity contribution in [2.75, 3.05) is 39.3 Å². The van der Waals surface area contributed by atoms with E-state index in [1.54, 1.807) is 0 Å². The zero-order chi connectivity index (χ0) is 28.4. The van der Waals surface area contributed by atoms with E-state index in [0.717, 1.165) is 38.5 Å². The molecule has 0 unspecified atom stereocenters. The molecule has 0 aromatic rings. The number of carbonyl (C=O) groups is 7. The Hall–Kier alpha value is -3.92. The molecule has 0 aromatic heterocycles. The SMILES string of the molecule is COC(=O)/C=C/C(=O)NC[C@H](NC(=O)[C@H](CNC(=O)/C=C/C(=O)OC)NC(=O)[C@@H](N)CCSC)C(=O)O. The topological polar surface area (TPSA) is 232 Å². The number of esters is 2. The molecule has 0 spiro atoms. The second-order valence-electron chi connectivity index (χ2n) is 7.05. The molecule has 4 amide bonds. The molecule has 3 atom stereocenters.